The van der Waals surface area contributed by atoms with Crippen LogP contribution in [0.5, 0.6) is 5.88 Å². The molecule has 1 amide bonds. The van der Waals surface area contributed by atoms with Crippen LogP contribution in [0.4, 0.5) is 11.4 Å². The van der Waals surface area contributed by atoms with Gasteiger partial charge in [0.2, 0.25) is 11.8 Å². The summed E-state index contributed by atoms with van der Waals surface area (Å²) >= 11 is 0. The normalized spacial score (nSPS) is 20.4. The Kier molecular flexibility index (Phi) is 8.93. The number of nitrogens with zero attached hydrogens (tertiary/aromatic N) is 6. The molecule has 2 aromatic carbocycles. The van der Waals surface area contributed by atoms with Crippen LogP contribution in [0.15, 0.2) is 49.1 Å². The van der Waals surface area contributed by atoms with Gasteiger partial charge in [0.25, 0.3) is 0 Å². The number of likely N-dealkylation sites (N-methyl/N-ethyl adjacent to an activating group) is 1. The number of likely N-dealkylation sites (tertiary alicyclic amines) is 1. The number of carbonyl (C=O) groups is 1. The Labute approximate surface area is 256 Å². The van der Waals surface area contributed by atoms with Crippen LogP contribution < -0.4 is 14.5 Å². The predicted octanol–water partition coefficient (Wildman–Crippen LogP) is 5.31. The van der Waals surface area contributed by atoms with E-state index in [1.54, 1.807) is 0 Å². The standard InChI is InChI=1S/C34H40N6O2.CH4/c1-5-31(41)40-18-17-39(20-24(40)3)33-27-14-16-38(30-13-7-11-25-10-6-9-23(2)32(25)30)21-29(27)36-34(28(33)19-35)42-22-26-12-8-15-37(26)4;/h5-7,9-11,13,24,26H,1,8,12,14-18,20-22H2,2-4H3;1H4/t24-,26?;/m1./s1. The lowest BCUT2D eigenvalue weighted by Crippen LogP contribution is -2.54. The minimum absolute atomic E-state index is 0. The van der Waals surface area contributed by atoms with Gasteiger partial charge in [0.1, 0.15) is 18.2 Å². The highest BCUT2D eigenvalue weighted by atomic mass is 16.5. The number of pyridine rings is 1. The zero-order valence-electron chi connectivity index (χ0n) is 25.0. The zero-order valence-corrected chi connectivity index (χ0v) is 25.0. The molecule has 8 heteroatoms. The topological polar surface area (TPSA) is 75.9 Å². The molecular weight excluding hydrogens is 536 g/mol. The number of hydrogen-bond acceptors (Lipinski definition) is 7. The number of nitriles is 1. The minimum Gasteiger partial charge on any atom is -0.475 e. The van der Waals surface area contributed by atoms with E-state index >= 15 is 0 Å². The lowest BCUT2D eigenvalue weighted by molar-refractivity contribution is -0.128. The van der Waals surface area contributed by atoms with Crippen molar-refractivity contribution in [2.24, 2.45) is 0 Å². The van der Waals surface area contributed by atoms with Crippen molar-refractivity contribution in [2.45, 2.75) is 59.2 Å². The number of piperazine rings is 1. The highest BCUT2D eigenvalue weighted by Crippen LogP contribution is 2.40. The van der Waals surface area contributed by atoms with E-state index < -0.39 is 0 Å². The Bertz CT molecular complexity index is 1560. The first kappa shape index (κ1) is 30.4. The number of carbonyl (C=O) groups excluding carboxylic acids is 1. The quantitative estimate of drug-likeness (QED) is 0.366. The van der Waals surface area contributed by atoms with Crippen molar-refractivity contribution < 1.29 is 9.53 Å². The van der Waals surface area contributed by atoms with Crippen molar-refractivity contribution in [1.82, 2.24) is 14.8 Å². The van der Waals surface area contributed by atoms with Gasteiger partial charge in [-0.2, -0.15) is 5.26 Å². The SMILES string of the molecule is C.C=CC(=O)N1CCN(c2c(C#N)c(OCC3CCCN3C)nc3c2CCN(c2cccc4cccc(C)c24)C3)C[C@H]1C. The van der Waals surface area contributed by atoms with Crippen LogP contribution in [-0.2, 0) is 17.8 Å². The molecule has 0 spiro atoms. The van der Waals surface area contributed by atoms with Crippen LogP contribution in [0, 0.1) is 18.3 Å². The molecule has 8 nitrogen and oxygen atoms in total. The molecule has 2 saturated heterocycles. The van der Waals surface area contributed by atoms with Crippen LogP contribution in [-0.4, -0.2) is 79.2 Å². The molecule has 3 aliphatic heterocycles. The molecule has 0 saturated carbocycles. The Balaban J connectivity index is 0.00000368. The molecule has 2 fully saturated rings. The number of amides is 1. The number of anilines is 2. The number of rotatable bonds is 6. The second kappa shape index (κ2) is 12.6. The van der Waals surface area contributed by atoms with E-state index in [-0.39, 0.29) is 19.4 Å². The van der Waals surface area contributed by atoms with Gasteiger partial charge in [-0.25, -0.2) is 4.98 Å². The monoisotopic (exact) mass is 580 g/mol. The molecule has 2 atom stereocenters. The molecule has 0 radical (unpaired) electrons. The highest BCUT2D eigenvalue weighted by Gasteiger charge is 2.34. The maximum atomic E-state index is 12.5. The summed E-state index contributed by atoms with van der Waals surface area (Å²) in [4.78, 5) is 26.4. The second-order valence-electron chi connectivity index (χ2n) is 11.9. The first-order valence-corrected chi connectivity index (χ1v) is 15.1. The molecule has 3 aromatic rings. The third kappa shape index (κ3) is 5.66. The van der Waals surface area contributed by atoms with E-state index in [2.05, 4.69) is 84.6 Å². The van der Waals surface area contributed by atoms with Gasteiger partial charge in [-0.15, -0.1) is 0 Å². The van der Waals surface area contributed by atoms with Crippen LogP contribution in [0.25, 0.3) is 10.8 Å². The van der Waals surface area contributed by atoms with Gasteiger partial charge >= 0.3 is 0 Å². The summed E-state index contributed by atoms with van der Waals surface area (Å²) in [5.41, 5.74) is 6.01. The van der Waals surface area contributed by atoms with Crippen molar-refractivity contribution in [2.75, 3.05) is 56.2 Å². The van der Waals surface area contributed by atoms with Crippen LogP contribution in [0.1, 0.15) is 49.6 Å². The van der Waals surface area contributed by atoms with Crippen molar-refractivity contribution in [3.8, 4) is 11.9 Å². The number of aromatic nitrogens is 1. The molecule has 0 N–H and O–H groups in total. The molecule has 43 heavy (non-hydrogen) atoms. The first-order chi connectivity index (χ1) is 20.4. The van der Waals surface area contributed by atoms with Gasteiger partial charge in [0, 0.05) is 54.9 Å². The predicted molar refractivity (Wildman–Crippen MR) is 174 cm³/mol. The Morgan fingerprint density at radius 1 is 1.16 bits per heavy atom. The fourth-order valence-corrected chi connectivity index (χ4v) is 7.03. The van der Waals surface area contributed by atoms with Crippen LogP contribution in [0.2, 0.25) is 0 Å². The lowest BCUT2D eigenvalue weighted by Gasteiger charge is -2.42. The second-order valence-corrected chi connectivity index (χ2v) is 11.9. The molecule has 3 aliphatic rings. The number of aryl methyl sites for hydroxylation is 1. The number of hydrogen-bond donors (Lipinski definition) is 0. The maximum Gasteiger partial charge on any atom is 0.246 e. The van der Waals surface area contributed by atoms with Gasteiger partial charge in [0.15, 0.2) is 0 Å². The summed E-state index contributed by atoms with van der Waals surface area (Å²) < 4.78 is 6.42. The summed E-state index contributed by atoms with van der Waals surface area (Å²) in [6.45, 7) is 12.8. The molecule has 226 valence electrons. The molecule has 1 aromatic heterocycles. The summed E-state index contributed by atoms with van der Waals surface area (Å²) in [6.07, 6.45) is 4.40. The minimum atomic E-state index is -0.0508. The molecule has 1 unspecified atom stereocenters. The smallest absolute Gasteiger partial charge is 0.246 e. The number of ether oxygens (including phenoxy) is 1. The Morgan fingerprint density at radius 2 is 1.95 bits per heavy atom. The van der Waals surface area contributed by atoms with E-state index in [1.165, 1.54) is 28.1 Å². The fraction of sp³-hybridized carbons (Fsp3) is 0.457. The van der Waals surface area contributed by atoms with Crippen LogP contribution >= 0.6 is 0 Å². The van der Waals surface area contributed by atoms with Crippen molar-refractivity contribution >= 4 is 28.1 Å². The maximum absolute atomic E-state index is 12.5. The summed E-state index contributed by atoms with van der Waals surface area (Å²) in [5.74, 6) is 0.380. The number of fused-ring (bicyclic) bond motifs is 2. The summed E-state index contributed by atoms with van der Waals surface area (Å²) in [5, 5.41) is 13.0. The average molecular weight is 581 g/mol. The van der Waals surface area contributed by atoms with Gasteiger partial charge < -0.3 is 24.3 Å². The van der Waals surface area contributed by atoms with E-state index in [9.17, 15) is 10.1 Å². The first-order valence-electron chi connectivity index (χ1n) is 15.1. The van der Waals surface area contributed by atoms with Crippen molar-refractivity contribution in [3.05, 3.63) is 71.4 Å². The van der Waals surface area contributed by atoms with Crippen molar-refractivity contribution in [3.63, 3.8) is 0 Å². The molecule has 0 aliphatic carbocycles. The fourth-order valence-electron chi connectivity index (χ4n) is 7.03. The third-order valence-corrected chi connectivity index (χ3v) is 9.32. The van der Waals surface area contributed by atoms with Gasteiger partial charge in [-0.05, 0) is 69.8 Å². The van der Waals surface area contributed by atoms with E-state index in [0.717, 1.165) is 49.3 Å². The Hall–Kier alpha value is -4.09. The summed E-state index contributed by atoms with van der Waals surface area (Å²) in [6, 6.07) is 15.7. The molecular formula is C35H44N6O2. The van der Waals surface area contributed by atoms with E-state index in [4.69, 9.17) is 9.72 Å². The van der Waals surface area contributed by atoms with Gasteiger partial charge in [0.05, 0.1) is 17.9 Å². The number of benzene rings is 2. The lowest BCUT2D eigenvalue weighted by atomic mass is 9.96. The molecule has 4 heterocycles. The molecule has 6 rings (SSSR count). The zero-order chi connectivity index (χ0) is 29.4. The third-order valence-electron chi connectivity index (χ3n) is 9.32. The van der Waals surface area contributed by atoms with Gasteiger partial charge in [-0.3, -0.25) is 4.79 Å². The summed E-state index contributed by atoms with van der Waals surface area (Å²) in [7, 11) is 2.13. The van der Waals surface area contributed by atoms with E-state index in [0.29, 0.717) is 50.3 Å². The highest BCUT2D eigenvalue weighted by molar-refractivity contribution is 5.97. The van der Waals surface area contributed by atoms with Crippen LogP contribution in [0.3, 0.4) is 0 Å². The Morgan fingerprint density at radius 3 is 2.65 bits per heavy atom. The van der Waals surface area contributed by atoms with E-state index in [1.807, 2.05) is 4.90 Å². The van der Waals surface area contributed by atoms with Crippen molar-refractivity contribution in [1.29, 1.82) is 5.26 Å². The molecule has 0 bridgehead atoms. The van der Waals surface area contributed by atoms with Gasteiger partial charge in [-0.1, -0.05) is 44.3 Å². The largest absolute Gasteiger partial charge is 0.475 e. The average Bonchev–Trinajstić information content (AvgIpc) is 3.42.